The summed E-state index contributed by atoms with van der Waals surface area (Å²) in [6, 6.07) is 8.24. The quantitative estimate of drug-likeness (QED) is 0.880. The number of hydrogen-bond acceptors (Lipinski definition) is 4. The molecule has 1 amide bonds. The van der Waals surface area contributed by atoms with Crippen LogP contribution in [0.4, 0.5) is 0 Å². The predicted molar refractivity (Wildman–Crippen MR) is 110 cm³/mol. The number of piperidine rings is 1. The summed E-state index contributed by atoms with van der Waals surface area (Å²) in [6.45, 7) is 8.85. The minimum Gasteiger partial charge on any atom is -0.369 e. The highest BCUT2D eigenvalue weighted by Crippen LogP contribution is 2.47. The number of aromatic nitrogens is 3. The van der Waals surface area contributed by atoms with Gasteiger partial charge in [0.1, 0.15) is 11.2 Å². The Bertz CT molecular complexity index is 836. The Morgan fingerprint density at radius 1 is 1.11 bits per heavy atom. The molecule has 28 heavy (non-hydrogen) atoms. The summed E-state index contributed by atoms with van der Waals surface area (Å²) in [4.78, 5) is 14.2. The van der Waals surface area contributed by atoms with Gasteiger partial charge in [-0.15, -0.1) is 5.10 Å². The van der Waals surface area contributed by atoms with Crippen LogP contribution in [0.3, 0.4) is 0 Å². The van der Waals surface area contributed by atoms with E-state index in [2.05, 4.69) is 52.8 Å². The number of carbonyl (C=O) groups excluding carboxylic acids is 1. The molecule has 6 heteroatoms. The van der Waals surface area contributed by atoms with E-state index in [0.29, 0.717) is 5.41 Å². The van der Waals surface area contributed by atoms with Crippen LogP contribution in [0.1, 0.15) is 59.3 Å². The van der Waals surface area contributed by atoms with E-state index in [0.717, 1.165) is 55.7 Å². The molecule has 0 unspecified atom stereocenters. The van der Waals surface area contributed by atoms with Crippen LogP contribution in [0, 0.1) is 17.3 Å². The molecule has 0 spiro atoms. The van der Waals surface area contributed by atoms with Gasteiger partial charge in [0.15, 0.2) is 0 Å². The van der Waals surface area contributed by atoms with Crippen molar-refractivity contribution in [2.75, 3.05) is 13.1 Å². The molecule has 1 aliphatic heterocycles. The number of para-hydroxylation sites is 1. The zero-order valence-corrected chi connectivity index (χ0v) is 17.4. The summed E-state index contributed by atoms with van der Waals surface area (Å²) in [5.74, 6) is 0.571. The molecule has 2 aliphatic rings. The molecule has 1 aromatic heterocycles. The Labute approximate surface area is 167 Å². The molecule has 1 saturated carbocycles. The van der Waals surface area contributed by atoms with Crippen LogP contribution in [0.2, 0.25) is 0 Å². The largest absolute Gasteiger partial charge is 0.369 e. The monoisotopic (exact) mass is 383 g/mol. The summed E-state index contributed by atoms with van der Waals surface area (Å²) < 4.78 is 2.19. The van der Waals surface area contributed by atoms with Gasteiger partial charge in [-0.1, -0.05) is 38.1 Å². The predicted octanol–water partition coefficient (Wildman–Crippen LogP) is 3.52. The molecule has 2 fully saturated rings. The number of carbonyl (C=O) groups is 1. The van der Waals surface area contributed by atoms with Crippen molar-refractivity contribution in [2.24, 2.45) is 23.0 Å². The number of primary amides is 1. The smallest absolute Gasteiger partial charge is 0.220 e. The zero-order valence-electron chi connectivity index (χ0n) is 17.4. The second-order valence-corrected chi connectivity index (χ2v) is 9.78. The maximum atomic E-state index is 11.7. The minimum atomic E-state index is -0.156. The van der Waals surface area contributed by atoms with Gasteiger partial charge >= 0.3 is 0 Å². The Kier molecular flexibility index (Phi) is 4.94. The van der Waals surface area contributed by atoms with Gasteiger partial charge in [-0.05, 0) is 62.0 Å². The normalized spacial score (nSPS) is 27.9. The van der Waals surface area contributed by atoms with Crippen molar-refractivity contribution in [1.82, 2.24) is 19.9 Å². The SMILES string of the molecule is CC(C)(C)C1CCC(N2CCC(C(N)=O)CC2)(n2nnc3ccccc32)CC1. The first-order chi connectivity index (χ1) is 13.3. The van der Waals surface area contributed by atoms with Crippen molar-refractivity contribution in [1.29, 1.82) is 0 Å². The molecule has 1 saturated heterocycles. The molecule has 152 valence electrons. The Hall–Kier alpha value is -1.95. The van der Waals surface area contributed by atoms with Crippen LogP contribution in [0.25, 0.3) is 11.0 Å². The molecule has 2 N–H and O–H groups in total. The number of rotatable bonds is 3. The van der Waals surface area contributed by atoms with E-state index in [1.165, 1.54) is 12.8 Å². The summed E-state index contributed by atoms with van der Waals surface area (Å²) in [6.07, 6.45) is 6.20. The van der Waals surface area contributed by atoms with Gasteiger partial charge in [0.25, 0.3) is 0 Å². The highest BCUT2D eigenvalue weighted by atomic mass is 16.1. The van der Waals surface area contributed by atoms with Gasteiger partial charge in [0.2, 0.25) is 5.91 Å². The molecule has 0 bridgehead atoms. The first-order valence-electron chi connectivity index (χ1n) is 10.7. The first-order valence-corrected chi connectivity index (χ1v) is 10.7. The van der Waals surface area contributed by atoms with Crippen LogP contribution in [0.15, 0.2) is 24.3 Å². The highest BCUT2D eigenvalue weighted by molar-refractivity contribution is 5.76. The van der Waals surface area contributed by atoms with Crippen molar-refractivity contribution in [3.8, 4) is 0 Å². The van der Waals surface area contributed by atoms with E-state index in [1.807, 2.05) is 12.1 Å². The van der Waals surface area contributed by atoms with Crippen molar-refractivity contribution in [3.63, 3.8) is 0 Å². The molecule has 4 rings (SSSR count). The number of hydrogen-bond donors (Lipinski definition) is 1. The molecular formula is C22H33N5O. The summed E-state index contributed by atoms with van der Waals surface area (Å²) >= 11 is 0. The van der Waals surface area contributed by atoms with Gasteiger partial charge in [-0.25, -0.2) is 4.68 Å². The Balaban J connectivity index is 1.68. The molecule has 6 nitrogen and oxygen atoms in total. The van der Waals surface area contributed by atoms with Crippen molar-refractivity contribution < 1.29 is 4.79 Å². The van der Waals surface area contributed by atoms with Crippen LogP contribution >= 0.6 is 0 Å². The van der Waals surface area contributed by atoms with Crippen LogP contribution in [-0.4, -0.2) is 38.9 Å². The van der Waals surface area contributed by atoms with Gasteiger partial charge in [-0.3, -0.25) is 9.69 Å². The third-order valence-corrected chi connectivity index (χ3v) is 7.24. The molecule has 0 radical (unpaired) electrons. The van der Waals surface area contributed by atoms with E-state index in [1.54, 1.807) is 0 Å². The van der Waals surface area contributed by atoms with Gasteiger partial charge in [0.05, 0.1) is 5.52 Å². The fourth-order valence-electron chi connectivity index (χ4n) is 5.36. The van der Waals surface area contributed by atoms with Crippen LogP contribution in [0.5, 0.6) is 0 Å². The van der Waals surface area contributed by atoms with Gasteiger partial charge in [-0.2, -0.15) is 0 Å². The Morgan fingerprint density at radius 3 is 2.36 bits per heavy atom. The van der Waals surface area contributed by atoms with Crippen molar-refractivity contribution in [2.45, 2.75) is 65.0 Å². The minimum absolute atomic E-state index is 0.00621. The van der Waals surface area contributed by atoms with Crippen LogP contribution < -0.4 is 5.73 Å². The van der Waals surface area contributed by atoms with Gasteiger partial charge < -0.3 is 5.73 Å². The number of nitrogens with zero attached hydrogens (tertiary/aromatic N) is 4. The molecule has 2 aromatic rings. The molecule has 1 aliphatic carbocycles. The fraction of sp³-hybridized carbons (Fsp3) is 0.682. The lowest BCUT2D eigenvalue weighted by Gasteiger charge is -2.51. The van der Waals surface area contributed by atoms with Crippen LogP contribution in [-0.2, 0) is 10.5 Å². The van der Waals surface area contributed by atoms with Crippen molar-refractivity contribution in [3.05, 3.63) is 24.3 Å². The standard InChI is InChI=1S/C22H33N5O/c1-21(2,3)17-8-12-22(13-9-17,26-14-10-16(11-15-26)20(23)28)27-19-7-5-4-6-18(19)24-25-27/h4-7,16-17H,8-15H2,1-3H3,(H2,23,28). The average molecular weight is 384 g/mol. The summed E-state index contributed by atoms with van der Waals surface area (Å²) in [7, 11) is 0. The lowest BCUT2D eigenvalue weighted by molar-refractivity contribution is -0.125. The average Bonchev–Trinajstić information content (AvgIpc) is 3.12. The zero-order chi connectivity index (χ0) is 19.9. The fourth-order valence-corrected chi connectivity index (χ4v) is 5.36. The van der Waals surface area contributed by atoms with E-state index < -0.39 is 0 Å². The third-order valence-electron chi connectivity index (χ3n) is 7.24. The number of amides is 1. The van der Waals surface area contributed by atoms with Gasteiger partial charge in [0, 0.05) is 19.0 Å². The topological polar surface area (TPSA) is 77.0 Å². The van der Waals surface area contributed by atoms with E-state index in [-0.39, 0.29) is 17.5 Å². The Morgan fingerprint density at radius 2 is 1.75 bits per heavy atom. The number of benzene rings is 1. The molecular weight excluding hydrogens is 350 g/mol. The second kappa shape index (κ2) is 7.14. The van der Waals surface area contributed by atoms with E-state index in [9.17, 15) is 4.79 Å². The highest BCUT2D eigenvalue weighted by Gasteiger charge is 2.46. The molecule has 1 aromatic carbocycles. The molecule has 2 heterocycles. The maximum absolute atomic E-state index is 11.7. The third kappa shape index (κ3) is 3.32. The van der Waals surface area contributed by atoms with E-state index >= 15 is 0 Å². The summed E-state index contributed by atoms with van der Waals surface area (Å²) in [5, 5.41) is 9.10. The van der Waals surface area contributed by atoms with E-state index in [4.69, 9.17) is 5.73 Å². The van der Waals surface area contributed by atoms with Crippen molar-refractivity contribution >= 4 is 16.9 Å². The number of nitrogens with two attached hydrogens (primary N) is 1. The maximum Gasteiger partial charge on any atom is 0.220 e. The molecule has 0 atom stereocenters. The number of likely N-dealkylation sites (tertiary alicyclic amines) is 1. The first kappa shape index (κ1) is 19.4. The lowest BCUT2D eigenvalue weighted by atomic mass is 9.69. The summed E-state index contributed by atoms with van der Waals surface area (Å²) in [5.41, 5.74) is 7.81. The second-order valence-electron chi connectivity index (χ2n) is 9.78. The lowest BCUT2D eigenvalue weighted by Crippen LogP contribution is -2.56. The number of fused-ring (bicyclic) bond motifs is 1.